The lowest BCUT2D eigenvalue weighted by Crippen LogP contribution is -2.34. The molecule has 0 fully saturated rings. The Balaban J connectivity index is 1.51. The van der Waals surface area contributed by atoms with Gasteiger partial charge in [0.1, 0.15) is 11.0 Å². The van der Waals surface area contributed by atoms with Crippen molar-refractivity contribution in [3.05, 3.63) is 70.7 Å². The molecule has 0 unspecified atom stereocenters. The molecule has 1 aromatic heterocycles. The number of halogens is 1. The van der Waals surface area contributed by atoms with Crippen LogP contribution in [0.5, 0.6) is 11.5 Å². The quantitative estimate of drug-likeness (QED) is 0.405. The molecule has 168 valence electrons. The number of aromatic nitrogens is 3. The molecule has 0 aliphatic rings. The molecule has 0 aliphatic carbocycles. The summed E-state index contributed by atoms with van der Waals surface area (Å²) < 4.78 is 10.4. The highest BCUT2D eigenvalue weighted by Gasteiger charge is 2.14. The molecule has 2 N–H and O–H groups in total. The predicted molar refractivity (Wildman–Crippen MR) is 132 cm³/mol. The van der Waals surface area contributed by atoms with Crippen LogP contribution in [0.4, 0.5) is 5.69 Å². The first-order chi connectivity index (χ1) is 15.9. The molecule has 33 heavy (non-hydrogen) atoms. The smallest absolute Gasteiger partial charge is 0.257 e. The second-order valence-corrected chi connectivity index (χ2v) is 7.94. The van der Waals surface area contributed by atoms with Gasteiger partial charge in [0.15, 0.2) is 16.6 Å². The van der Waals surface area contributed by atoms with Crippen LogP contribution in [0.2, 0.25) is 5.02 Å². The van der Waals surface area contributed by atoms with Crippen molar-refractivity contribution in [3.8, 4) is 17.2 Å². The van der Waals surface area contributed by atoms with Gasteiger partial charge < -0.3 is 14.8 Å². The number of nitrogens with one attached hydrogen (secondary N) is 2. The first-order valence-electron chi connectivity index (χ1n) is 9.86. The number of aryl methyl sites for hydroxylation is 1. The highest BCUT2D eigenvalue weighted by Crippen LogP contribution is 2.28. The fourth-order valence-corrected chi connectivity index (χ4v) is 3.54. The zero-order valence-corrected chi connectivity index (χ0v) is 19.6. The Morgan fingerprint density at radius 3 is 2.30 bits per heavy atom. The van der Waals surface area contributed by atoms with E-state index in [1.807, 2.05) is 31.2 Å². The molecule has 3 aromatic carbocycles. The van der Waals surface area contributed by atoms with Crippen LogP contribution in [-0.2, 0) is 0 Å². The van der Waals surface area contributed by atoms with E-state index in [1.165, 1.54) is 14.2 Å². The molecule has 0 atom stereocenters. The van der Waals surface area contributed by atoms with Crippen molar-refractivity contribution in [1.29, 1.82) is 0 Å². The molecule has 1 heterocycles. The second kappa shape index (κ2) is 9.43. The van der Waals surface area contributed by atoms with Crippen LogP contribution >= 0.6 is 23.8 Å². The fourth-order valence-electron chi connectivity index (χ4n) is 3.13. The van der Waals surface area contributed by atoms with E-state index in [4.69, 9.17) is 33.3 Å². The third-order valence-electron chi connectivity index (χ3n) is 4.86. The maximum absolute atomic E-state index is 12.6. The number of ether oxygens (including phenoxy) is 2. The molecule has 0 saturated heterocycles. The number of carbonyl (C=O) groups is 1. The first kappa shape index (κ1) is 22.5. The average molecular weight is 482 g/mol. The zero-order chi connectivity index (χ0) is 23.5. The Morgan fingerprint density at radius 1 is 0.970 bits per heavy atom. The highest BCUT2D eigenvalue weighted by molar-refractivity contribution is 7.80. The van der Waals surface area contributed by atoms with Gasteiger partial charge in [-0.1, -0.05) is 29.3 Å². The number of carbonyl (C=O) groups excluding carboxylic acids is 1. The molecule has 0 bridgehead atoms. The number of hydrogen-bond donors (Lipinski definition) is 2. The zero-order valence-electron chi connectivity index (χ0n) is 18.0. The van der Waals surface area contributed by atoms with E-state index in [0.29, 0.717) is 38.8 Å². The van der Waals surface area contributed by atoms with Crippen molar-refractivity contribution < 1.29 is 14.3 Å². The van der Waals surface area contributed by atoms with Crippen molar-refractivity contribution in [2.75, 3.05) is 19.5 Å². The molecule has 4 aromatic rings. The van der Waals surface area contributed by atoms with Crippen LogP contribution in [-0.4, -0.2) is 40.2 Å². The van der Waals surface area contributed by atoms with E-state index in [1.54, 1.807) is 35.1 Å². The van der Waals surface area contributed by atoms with Crippen molar-refractivity contribution >= 4 is 51.6 Å². The van der Waals surface area contributed by atoms with E-state index >= 15 is 0 Å². The third kappa shape index (κ3) is 4.89. The number of benzene rings is 3. The van der Waals surface area contributed by atoms with Crippen molar-refractivity contribution in [2.24, 2.45) is 0 Å². The Hall–Kier alpha value is -3.69. The summed E-state index contributed by atoms with van der Waals surface area (Å²) >= 11 is 11.7. The minimum atomic E-state index is -0.407. The number of thiocarbonyl (C=S) groups is 1. The summed E-state index contributed by atoms with van der Waals surface area (Å²) in [6.07, 6.45) is 0. The number of nitrogens with zero attached hydrogens (tertiary/aromatic N) is 3. The summed E-state index contributed by atoms with van der Waals surface area (Å²) in [5.74, 6) is 0.554. The summed E-state index contributed by atoms with van der Waals surface area (Å²) in [5, 5.41) is 15.0. The van der Waals surface area contributed by atoms with Gasteiger partial charge in [-0.3, -0.25) is 10.1 Å². The molecular weight excluding hydrogens is 462 g/mol. The summed E-state index contributed by atoms with van der Waals surface area (Å²) in [6.45, 7) is 2.02. The van der Waals surface area contributed by atoms with Crippen LogP contribution in [0.15, 0.2) is 54.6 Å². The van der Waals surface area contributed by atoms with Gasteiger partial charge in [0, 0.05) is 5.56 Å². The fraction of sp³-hybridized carbons (Fsp3) is 0.130. The van der Waals surface area contributed by atoms with Crippen LogP contribution in [0.25, 0.3) is 16.7 Å². The molecule has 4 rings (SSSR count). The van der Waals surface area contributed by atoms with Crippen LogP contribution < -0.4 is 20.1 Å². The second-order valence-electron chi connectivity index (χ2n) is 7.12. The van der Waals surface area contributed by atoms with E-state index in [0.717, 1.165) is 11.3 Å². The van der Waals surface area contributed by atoms with Gasteiger partial charge in [0.05, 0.1) is 30.6 Å². The lowest BCUT2D eigenvalue weighted by atomic mass is 10.2. The highest BCUT2D eigenvalue weighted by atomic mass is 35.5. The van der Waals surface area contributed by atoms with Crippen LogP contribution in [0, 0.1) is 6.92 Å². The van der Waals surface area contributed by atoms with Gasteiger partial charge >= 0.3 is 0 Å². The normalized spacial score (nSPS) is 10.7. The summed E-state index contributed by atoms with van der Waals surface area (Å²) in [7, 11) is 3.02. The summed E-state index contributed by atoms with van der Waals surface area (Å²) in [6, 6.07) is 16.1. The summed E-state index contributed by atoms with van der Waals surface area (Å²) in [5.41, 5.74) is 4.09. The molecule has 0 aliphatic heterocycles. The maximum Gasteiger partial charge on any atom is 0.257 e. The van der Waals surface area contributed by atoms with Crippen LogP contribution in [0.3, 0.4) is 0 Å². The number of anilines is 1. The third-order valence-corrected chi connectivity index (χ3v) is 5.37. The standard InChI is InChI=1S/C23H20ClN5O3S/c1-13-4-7-15(8-5-13)29-27-18-11-16(24)17(12-19(18)28-29)25-23(33)26-22(30)14-6-9-20(31-2)21(10-14)32-3/h4-12H,1-3H3,(H2,25,26,30,33). The molecule has 0 saturated carbocycles. The Bertz CT molecular complexity index is 1350. The number of rotatable bonds is 5. The number of methoxy groups -OCH3 is 2. The molecule has 0 radical (unpaired) electrons. The van der Waals surface area contributed by atoms with Crippen molar-refractivity contribution in [1.82, 2.24) is 20.3 Å². The van der Waals surface area contributed by atoms with Gasteiger partial charge in [0.2, 0.25) is 0 Å². The van der Waals surface area contributed by atoms with Gasteiger partial charge in [0.25, 0.3) is 5.91 Å². The first-order valence-corrected chi connectivity index (χ1v) is 10.6. The van der Waals surface area contributed by atoms with Gasteiger partial charge in [-0.05, 0) is 61.6 Å². The Kier molecular flexibility index (Phi) is 6.43. The van der Waals surface area contributed by atoms with Gasteiger partial charge in [-0.15, -0.1) is 10.2 Å². The number of hydrogen-bond acceptors (Lipinski definition) is 6. The van der Waals surface area contributed by atoms with Gasteiger partial charge in [-0.2, -0.15) is 4.80 Å². The minimum absolute atomic E-state index is 0.0851. The van der Waals surface area contributed by atoms with Crippen molar-refractivity contribution in [3.63, 3.8) is 0 Å². The topological polar surface area (TPSA) is 90.3 Å². The maximum atomic E-state index is 12.6. The molecule has 10 heteroatoms. The van der Waals surface area contributed by atoms with E-state index in [-0.39, 0.29) is 5.11 Å². The lowest BCUT2D eigenvalue weighted by Gasteiger charge is -2.12. The SMILES string of the molecule is COc1ccc(C(=O)NC(=S)Nc2cc3nn(-c4ccc(C)cc4)nc3cc2Cl)cc1OC. The van der Waals surface area contributed by atoms with Gasteiger partial charge in [-0.25, -0.2) is 0 Å². The van der Waals surface area contributed by atoms with E-state index < -0.39 is 5.91 Å². The summed E-state index contributed by atoms with van der Waals surface area (Å²) in [4.78, 5) is 14.1. The minimum Gasteiger partial charge on any atom is -0.493 e. The van der Waals surface area contributed by atoms with E-state index in [2.05, 4.69) is 20.8 Å². The predicted octanol–water partition coefficient (Wildman–Crippen LogP) is 4.53. The Morgan fingerprint density at radius 2 is 1.64 bits per heavy atom. The monoisotopic (exact) mass is 481 g/mol. The average Bonchev–Trinajstić information content (AvgIpc) is 3.21. The number of amides is 1. The Labute approximate surface area is 200 Å². The molecule has 8 nitrogen and oxygen atoms in total. The largest absolute Gasteiger partial charge is 0.493 e. The van der Waals surface area contributed by atoms with Crippen molar-refractivity contribution in [2.45, 2.75) is 6.92 Å². The molecular formula is C23H20ClN5O3S. The lowest BCUT2D eigenvalue weighted by molar-refractivity contribution is 0.0977. The molecule has 1 amide bonds. The number of fused-ring (bicyclic) bond motifs is 1. The molecule has 0 spiro atoms. The van der Waals surface area contributed by atoms with Crippen LogP contribution in [0.1, 0.15) is 15.9 Å². The van der Waals surface area contributed by atoms with E-state index in [9.17, 15) is 4.79 Å².